The second-order valence-electron chi connectivity index (χ2n) is 4.67. The molecule has 0 aliphatic heterocycles. The first-order valence-electron chi connectivity index (χ1n) is 7.10. The molecule has 0 rings (SSSR count). The maximum absolute atomic E-state index is 12.1. The van der Waals surface area contributed by atoms with Gasteiger partial charge >= 0.3 is 0 Å². The van der Waals surface area contributed by atoms with Gasteiger partial charge in [-0.1, -0.05) is 27.2 Å². The fourth-order valence-electron chi connectivity index (χ4n) is 1.86. The molecule has 0 aromatic carbocycles. The van der Waals surface area contributed by atoms with Crippen molar-refractivity contribution in [3.05, 3.63) is 0 Å². The number of unbranched alkanes of at least 4 members (excludes halogenated alkanes) is 1. The summed E-state index contributed by atoms with van der Waals surface area (Å²) < 4.78 is 0. The highest BCUT2D eigenvalue weighted by Crippen LogP contribution is 2.01. The van der Waals surface area contributed by atoms with Gasteiger partial charge in [0.05, 0.1) is 6.54 Å². The van der Waals surface area contributed by atoms with E-state index in [1.165, 1.54) is 6.92 Å². The summed E-state index contributed by atoms with van der Waals surface area (Å²) >= 11 is 0. The Morgan fingerprint density at radius 3 is 1.78 bits per heavy atom. The van der Waals surface area contributed by atoms with Crippen LogP contribution in [0.4, 0.5) is 0 Å². The number of carbonyl (C=O) groups is 2. The van der Waals surface area contributed by atoms with E-state index >= 15 is 0 Å². The zero-order chi connectivity index (χ0) is 14.0. The lowest BCUT2D eigenvalue weighted by molar-refractivity contribution is -0.139. The van der Waals surface area contributed by atoms with Crippen LogP contribution in [0.1, 0.15) is 53.4 Å². The van der Waals surface area contributed by atoms with Crippen LogP contribution in [0, 0.1) is 0 Å². The SMILES string of the molecule is CCCCN(CC(=O)N(CCC)CCC)C(C)=O. The van der Waals surface area contributed by atoms with Crippen LogP contribution in [0.5, 0.6) is 0 Å². The van der Waals surface area contributed by atoms with E-state index in [2.05, 4.69) is 20.8 Å². The van der Waals surface area contributed by atoms with Crippen molar-refractivity contribution in [3.8, 4) is 0 Å². The van der Waals surface area contributed by atoms with E-state index in [4.69, 9.17) is 0 Å². The van der Waals surface area contributed by atoms with Gasteiger partial charge in [-0.3, -0.25) is 9.59 Å². The van der Waals surface area contributed by atoms with E-state index in [0.29, 0.717) is 6.54 Å². The predicted molar refractivity (Wildman–Crippen MR) is 74.3 cm³/mol. The Hall–Kier alpha value is -1.06. The standard InChI is InChI=1S/C14H28N2O2/c1-5-8-11-16(13(4)17)12-14(18)15(9-6-2)10-7-3/h5-12H2,1-4H3. The van der Waals surface area contributed by atoms with Gasteiger partial charge in [0.2, 0.25) is 11.8 Å². The minimum absolute atomic E-state index is 0.00949. The minimum atomic E-state index is -0.00949. The highest BCUT2D eigenvalue weighted by atomic mass is 16.2. The normalized spacial score (nSPS) is 10.2. The molecule has 4 heteroatoms. The summed E-state index contributed by atoms with van der Waals surface area (Å²) in [5.74, 6) is 0.0646. The Morgan fingerprint density at radius 1 is 0.833 bits per heavy atom. The number of nitrogens with zero attached hydrogens (tertiary/aromatic N) is 2. The predicted octanol–water partition coefficient (Wildman–Crippen LogP) is 2.28. The summed E-state index contributed by atoms with van der Waals surface area (Å²) in [6, 6.07) is 0. The Balaban J connectivity index is 4.39. The second kappa shape index (κ2) is 9.92. The summed E-state index contributed by atoms with van der Waals surface area (Å²) in [6.45, 7) is 10.2. The molecule has 0 unspecified atom stereocenters. The zero-order valence-electron chi connectivity index (χ0n) is 12.4. The van der Waals surface area contributed by atoms with Gasteiger partial charge in [0.15, 0.2) is 0 Å². The Morgan fingerprint density at radius 2 is 1.39 bits per heavy atom. The van der Waals surface area contributed by atoms with Crippen molar-refractivity contribution in [1.29, 1.82) is 0 Å². The molecule has 0 fully saturated rings. The molecule has 0 aromatic heterocycles. The second-order valence-corrected chi connectivity index (χ2v) is 4.67. The summed E-state index contributed by atoms with van der Waals surface area (Å²) in [4.78, 5) is 27.1. The fraction of sp³-hybridized carbons (Fsp3) is 0.857. The summed E-state index contributed by atoms with van der Waals surface area (Å²) in [5, 5.41) is 0. The third-order valence-corrected chi connectivity index (χ3v) is 2.89. The van der Waals surface area contributed by atoms with Crippen molar-refractivity contribution < 1.29 is 9.59 Å². The topological polar surface area (TPSA) is 40.6 Å². The Kier molecular flexibility index (Phi) is 9.33. The van der Waals surface area contributed by atoms with Gasteiger partial charge in [-0.05, 0) is 19.3 Å². The van der Waals surface area contributed by atoms with Gasteiger partial charge < -0.3 is 9.80 Å². The van der Waals surface area contributed by atoms with Gasteiger partial charge in [0.1, 0.15) is 0 Å². The van der Waals surface area contributed by atoms with Crippen molar-refractivity contribution in [3.63, 3.8) is 0 Å². The molecular formula is C14H28N2O2. The van der Waals surface area contributed by atoms with Crippen LogP contribution in [-0.4, -0.2) is 47.8 Å². The number of hydrogen-bond donors (Lipinski definition) is 0. The van der Waals surface area contributed by atoms with Crippen LogP contribution in [0.15, 0.2) is 0 Å². The van der Waals surface area contributed by atoms with Crippen molar-refractivity contribution in [2.75, 3.05) is 26.2 Å². The first kappa shape index (κ1) is 16.9. The summed E-state index contributed by atoms with van der Waals surface area (Å²) in [6.07, 6.45) is 3.90. The lowest BCUT2D eigenvalue weighted by Gasteiger charge is -2.26. The van der Waals surface area contributed by atoms with E-state index in [0.717, 1.165) is 38.8 Å². The molecule has 106 valence electrons. The van der Waals surface area contributed by atoms with E-state index in [1.807, 2.05) is 4.90 Å². The molecule has 0 saturated heterocycles. The lowest BCUT2D eigenvalue weighted by atomic mass is 10.3. The molecular weight excluding hydrogens is 228 g/mol. The van der Waals surface area contributed by atoms with Crippen LogP contribution >= 0.6 is 0 Å². The van der Waals surface area contributed by atoms with Gasteiger partial charge in [0, 0.05) is 26.6 Å². The van der Waals surface area contributed by atoms with Crippen LogP contribution in [0.3, 0.4) is 0 Å². The molecule has 2 amide bonds. The smallest absolute Gasteiger partial charge is 0.242 e. The van der Waals surface area contributed by atoms with Gasteiger partial charge in [-0.2, -0.15) is 0 Å². The molecule has 0 heterocycles. The van der Waals surface area contributed by atoms with Crippen LogP contribution in [0.2, 0.25) is 0 Å². The third kappa shape index (κ3) is 6.62. The summed E-state index contributed by atoms with van der Waals surface area (Å²) in [5.41, 5.74) is 0. The maximum atomic E-state index is 12.1. The van der Waals surface area contributed by atoms with E-state index in [1.54, 1.807) is 4.90 Å². The Labute approximate surface area is 111 Å². The highest BCUT2D eigenvalue weighted by molar-refractivity contribution is 5.83. The van der Waals surface area contributed by atoms with E-state index in [9.17, 15) is 9.59 Å². The molecule has 0 radical (unpaired) electrons. The lowest BCUT2D eigenvalue weighted by Crippen LogP contribution is -2.43. The molecule has 0 saturated carbocycles. The number of carbonyl (C=O) groups excluding carboxylic acids is 2. The molecule has 0 bridgehead atoms. The maximum Gasteiger partial charge on any atom is 0.242 e. The largest absolute Gasteiger partial charge is 0.341 e. The minimum Gasteiger partial charge on any atom is -0.341 e. The molecule has 18 heavy (non-hydrogen) atoms. The highest BCUT2D eigenvalue weighted by Gasteiger charge is 2.17. The molecule has 4 nitrogen and oxygen atoms in total. The van der Waals surface area contributed by atoms with Crippen LogP contribution in [0.25, 0.3) is 0 Å². The monoisotopic (exact) mass is 256 g/mol. The summed E-state index contributed by atoms with van der Waals surface area (Å²) in [7, 11) is 0. The zero-order valence-corrected chi connectivity index (χ0v) is 12.4. The van der Waals surface area contributed by atoms with Crippen molar-refractivity contribution in [1.82, 2.24) is 9.80 Å². The molecule has 0 aliphatic carbocycles. The van der Waals surface area contributed by atoms with Crippen LogP contribution < -0.4 is 0 Å². The van der Waals surface area contributed by atoms with Crippen molar-refractivity contribution in [2.24, 2.45) is 0 Å². The molecule has 0 aromatic rings. The van der Waals surface area contributed by atoms with Crippen LogP contribution in [-0.2, 0) is 9.59 Å². The number of rotatable bonds is 9. The van der Waals surface area contributed by atoms with E-state index in [-0.39, 0.29) is 18.4 Å². The molecule has 0 N–H and O–H groups in total. The van der Waals surface area contributed by atoms with Crippen molar-refractivity contribution in [2.45, 2.75) is 53.4 Å². The molecule has 0 aliphatic rings. The van der Waals surface area contributed by atoms with E-state index < -0.39 is 0 Å². The van der Waals surface area contributed by atoms with Gasteiger partial charge in [-0.25, -0.2) is 0 Å². The first-order chi connectivity index (χ1) is 8.56. The molecule has 0 atom stereocenters. The Bertz CT molecular complexity index is 248. The van der Waals surface area contributed by atoms with Crippen molar-refractivity contribution >= 4 is 11.8 Å². The fourth-order valence-corrected chi connectivity index (χ4v) is 1.86. The average Bonchev–Trinajstić information content (AvgIpc) is 2.33. The quantitative estimate of drug-likeness (QED) is 0.635. The average molecular weight is 256 g/mol. The number of amides is 2. The van der Waals surface area contributed by atoms with Gasteiger partial charge in [-0.15, -0.1) is 0 Å². The first-order valence-corrected chi connectivity index (χ1v) is 7.10. The number of hydrogen-bond acceptors (Lipinski definition) is 2. The van der Waals surface area contributed by atoms with Gasteiger partial charge in [0.25, 0.3) is 0 Å². The third-order valence-electron chi connectivity index (χ3n) is 2.89. The molecule has 0 spiro atoms.